The fourth-order valence-electron chi connectivity index (χ4n) is 2.34. The van der Waals surface area contributed by atoms with Gasteiger partial charge in [0.05, 0.1) is 10.9 Å². The summed E-state index contributed by atoms with van der Waals surface area (Å²) in [7, 11) is 0. The van der Waals surface area contributed by atoms with E-state index < -0.39 is 5.25 Å². The molecule has 1 aromatic carbocycles. The molecule has 0 aliphatic rings. The Morgan fingerprint density at radius 1 is 1.48 bits per heavy atom. The third-order valence-electron chi connectivity index (χ3n) is 3.61. The molecule has 3 aromatic rings. The van der Waals surface area contributed by atoms with Crippen LogP contribution in [0.15, 0.2) is 47.5 Å². The highest BCUT2D eigenvalue weighted by Gasteiger charge is 2.21. The van der Waals surface area contributed by atoms with Crippen molar-refractivity contribution in [2.75, 3.05) is 5.32 Å². The fraction of sp³-hybridized carbons (Fsp3) is 0.222. The normalized spacial score (nSPS) is 12.0. The Labute approximate surface area is 164 Å². The van der Waals surface area contributed by atoms with Crippen molar-refractivity contribution in [2.45, 2.75) is 30.8 Å². The van der Waals surface area contributed by atoms with Gasteiger partial charge >= 0.3 is 0 Å². The first-order valence-corrected chi connectivity index (χ1v) is 9.93. The van der Waals surface area contributed by atoms with Gasteiger partial charge in [0.15, 0.2) is 16.1 Å². The highest BCUT2D eigenvalue weighted by Crippen LogP contribution is 2.28. The first-order chi connectivity index (χ1) is 13.0. The van der Waals surface area contributed by atoms with E-state index in [0.717, 1.165) is 5.69 Å². The zero-order valence-corrected chi connectivity index (χ0v) is 16.5. The second-order valence-electron chi connectivity index (χ2n) is 5.76. The number of aryl methyl sites for hydroxylation is 1. The van der Waals surface area contributed by atoms with Crippen LogP contribution in [0.2, 0.25) is 0 Å². The summed E-state index contributed by atoms with van der Waals surface area (Å²) in [5.74, 6) is 0.0104. The number of thioether (sulfide) groups is 1. The summed E-state index contributed by atoms with van der Waals surface area (Å²) in [6.45, 7) is 7.86. The molecule has 6 nitrogen and oxygen atoms in total. The highest BCUT2D eigenvalue weighted by molar-refractivity contribution is 8.00. The quantitative estimate of drug-likeness (QED) is 0.474. The lowest BCUT2D eigenvalue weighted by molar-refractivity contribution is -0.115. The number of anilines is 1. The summed E-state index contributed by atoms with van der Waals surface area (Å²) in [5.41, 5.74) is 1.48. The molecule has 0 saturated carbocycles. The van der Waals surface area contributed by atoms with E-state index in [1.54, 1.807) is 25.1 Å². The van der Waals surface area contributed by atoms with Gasteiger partial charge in [0.25, 0.3) is 0 Å². The number of carbonyl (C=O) groups is 1. The van der Waals surface area contributed by atoms with Crippen LogP contribution in [0.1, 0.15) is 12.6 Å². The van der Waals surface area contributed by atoms with Crippen molar-refractivity contribution in [3.8, 4) is 11.4 Å². The Balaban J connectivity index is 1.79. The second kappa shape index (κ2) is 8.45. The zero-order chi connectivity index (χ0) is 19.4. The van der Waals surface area contributed by atoms with Crippen molar-refractivity contribution in [1.29, 1.82) is 0 Å². The molecule has 140 valence electrons. The van der Waals surface area contributed by atoms with Gasteiger partial charge in [0.1, 0.15) is 5.82 Å². The standard InChI is InChI=1S/C18H18FN5OS2/c1-4-8-24-15(13-6-5-7-14(19)9-13)22-23-18(24)27-12(3)16(25)21-17-20-11(2)10-26-17/h4-7,9-10,12H,1,8H2,2-3H3,(H,20,21,25)/t12-/m0/s1. The van der Waals surface area contributed by atoms with Gasteiger partial charge in [-0.3, -0.25) is 9.36 Å². The molecule has 3 rings (SSSR count). The molecule has 2 aromatic heterocycles. The van der Waals surface area contributed by atoms with E-state index in [1.165, 1.54) is 35.2 Å². The fourth-order valence-corrected chi connectivity index (χ4v) is 3.89. The number of nitrogens with one attached hydrogen (secondary N) is 1. The number of hydrogen-bond donors (Lipinski definition) is 1. The third kappa shape index (κ3) is 4.61. The number of hydrogen-bond acceptors (Lipinski definition) is 6. The molecule has 0 saturated heterocycles. The number of halogens is 1. The van der Waals surface area contributed by atoms with Crippen molar-refractivity contribution >= 4 is 34.1 Å². The van der Waals surface area contributed by atoms with Crippen LogP contribution in [0.3, 0.4) is 0 Å². The van der Waals surface area contributed by atoms with Crippen LogP contribution in [-0.4, -0.2) is 30.9 Å². The Kier molecular flexibility index (Phi) is 6.02. The zero-order valence-electron chi connectivity index (χ0n) is 14.8. The Morgan fingerprint density at radius 3 is 2.96 bits per heavy atom. The maximum Gasteiger partial charge on any atom is 0.239 e. The number of thiazole rings is 1. The smallest absolute Gasteiger partial charge is 0.239 e. The molecule has 27 heavy (non-hydrogen) atoms. The summed E-state index contributed by atoms with van der Waals surface area (Å²) >= 11 is 2.66. The SMILES string of the molecule is C=CCn1c(S[C@@H](C)C(=O)Nc2nc(C)cs2)nnc1-c1cccc(F)c1. The maximum atomic E-state index is 13.6. The molecule has 0 unspecified atom stereocenters. The van der Waals surface area contributed by atoms with Gasteiger partial charge in [-0.1, -0.05) is 30.0 Å². The van der Waals surface area contributed by atoms with Crippen molar-refractivity contribution in [3.63, 3.8) is 0 Å². The number of rotatable bonds is 7. The number of carbonyl (C=O) groups excluding carboxylic acids is 1. The summed E-state index contributed by atoms with van der Waals surface area (Å²) in [6, 6.07) is 6.16. The average molecular weight is 404 g/mol. The first kappa shape index (κ1) is 19.2. The van der Waals surface area contributed by atoms with Crippen LogP contribution < -0.4 is 5.32 Å². The van der Waals surface area contributed by atoms with Gasteiger partial charge in [-0.2, -0.15) is 0 Å². The Hall–Kier alpha value is -2.52. The lowest BCUT2D eigenvalue weighted by Gasteiger charge is -2.12. The van der Waals surface area contributed by atoms with E-state index in [4.69, 9.17) is 0 Å². The molecule has 0 spiro atoms. The first-order valence-electron chi connectivity index (χ1n) is 8.17. The molecule has 0 fully saturated rings. The molecule has 0 radical (unpaired) electrons. The lowest BCUT2D eigenvalue weighted by Crippen LogP contribution is -2.22. The van der Waals surface area contributed by atoms with Gasteiger partial charge in [-0.05, 0) is 26.0 Å². The highest BCUT2D eigenvalue weighted by atomic mass is 32.2. The molecule has 2 heterocycles. The minimum Gasteiger partial charge on any atom is -0.301 e. The van der Waals surface area contributed by atoms with Gasteiger partial charge in [0.2, 0.25) is 5.91 Å². The molecule has 0 bridgehead atoms. The van der Waals surface area contributed by atoms with E-state index >= 15 is 0 Å². The van der Waals surface area contributed by atoms with Crippen LogP contribution in [0.5, 0.6) is 0 Å². The molecule has 9 heteroatoms. The number of amides is 1. The van der Waals surface area contributed by atoms with Crippen molar-refractivity contribution in [3.05, 3.63) is 53.8 Å². The third-order valence-corrected chi connectivity index (χ3v) is 5.57. The second-order valence-corrected chi connectivity index (χ2v) is 7.93. The molecule has 0 aliphatic carbocycles. The van der Waals surface area contributed by atoms with E-state index in [2.05, 4.69) is 27.1 Å². The van der Waals surface area contributed by atoms with E-state index in [0.29, 0.717) is 28.2 Å². The predicted molar refractivity (Wildman–Crippen MR) is 106 cm³/mol. The van der Waals surface area contributed by atoms with Crippen LogP contribution >= 0.6 is 23.1 Å². The number of allylic oxidation sites excluding steroid dienone is 1. The summed E-state index contributed by atoms with van der Waals surface area (Å²) < 4.78 is 15.4. The van der Waals surface area contributed by atoms with Gasteiger partial charge in [-0.25, -0.2) is 9.37 Å². The summed E-state index contributed by atoms with van der Waals surface area (Å²) in [4.78, 5) is 16.7. The predicted octanol–water partition coefficient (Wildman–Crippen LogP) is 4.15. The van der Waals surface area contributed by atoms with Crippen molar-refractivity contribution in [2.24, 2.45) is 0 Å². The van der Waals surface area contributed by atoms with Crippen molar-refractivity contribution < 1.29 is 9.18 Å². The summed E-state index contributed by atoms with van der Waals surface area (Å²) in [6.07, 6.45) is 1.71. The molecular formula is C18H18FN5OS2. The van der Waals surface area contributed by atoms with Gasteiger partial charge in [-0.15, -0.1) is 28.1 Å². The maximum absolute atomic E-state index is 13.6. The number of aromatic nitrogens is 4. The lowest BCUT2D eigenvalue weighted by atomic mass is 10.2. The Bertz CT molecular complexity index is 968. The van der Waals surface area contributed by atoms with Gasteiger partial charge in [0, 0.05) is 17.5 Å². The van der Waals surface area contributed by atoms with Crippen LogP contribution in [-0.2, 0) is 11.3 Å². The van der Waals surface area contributed by atoms with Crippen LogP contribution in [0.25, 0.3) is 11.4 Å². The monoisotopic (exact) mass is 403 g/mol. The van der Waals surface area contributed by atoms with Gasteiger partial charge < -0.3 is 5.32 Å². The molecule has 1 N–H and O–H groups in total. The van der Waals surface area contributed by atoms with E-state index in [1.807, 2.05) is 16.9 Å². The van der Waals surface area contributed by atoms with E-state index in [9.17, 15) is 9.18 Å². The average Bonchev–Trinajstić information content (AvgIpc) is 3.22. The Morgan fingerprint density at radius 2 is 2.30 bits per heavy atom. The minimum absolute atomic E-state index is 0.171. The molecular weight excluding hydrogens is 385 g/mol. The molecule has 0 aliphatic heterocycles. The number of nitrogens with zero attached hydrogens (tertiary/aromatic N) is 4. The van der Waals surface area contributed by atoms with Crippen LogP contribution in [0.4, 0.5) is 9.52 Å². The minimum atomic E-state index is -0.415. The van der Waals surface area contributed by atoms with Crippen molar-refractivity contribution in [1.82, 2.24) is 19.7 Å². The largest absolute Gasteiger partial charge is 0.301 e. The van der Waals surface area contributed by atoms with Crippen LogP contribution in [0, 0.1) is 12.7 Å². The summed E-state index contributed by atoms with van der Waals surface area (Å²) in [5, 5.41) is 13.8. The van der Waals surface area contributed by atoms with E-state index in [-0.39, 0.29) is 11.7 Å². The topological polar surface area (TPSA) is 72.7 Å². The molecule has 1 atom stereocenters. The number of benzene rings is 1. The molecule has 1 amide bonds.